The van der Waals surface area contributed by atoms with Gasteiger partial charge in [0, 0.05) is 13.1 Å². The number of ether oxygens (including phenoxy) is 4. The Morgan fingerprint density at radius 2 is 1.00 bits per heavy atom. The van der Waals surface area contributed by atoms with E-state index < -0.39 is 0 Å². The number of unbranched alkanes of at least 4 members (excludes halogenated alkanes) is 3. The van der Waals surface area contributed by atoms with Crippen LogP contribution in [0.5, 0.6) is 23.0 Å². The number of furan rings is 2. The lowest BCUT2D eigenvalue weighted by Gasteiger charge is -2.18. The maximum atomic E-state index is 12.6. The lowest BCUT2D eigenvalue weighted by atomic mass is 10.0. The highest BCUT2D eigenvalue weighted by Crippen LogP contribution is 2.46. The van der Waals surface area contributed by atoms with Crippen LogP contribution in [0.2, 0.25) is 0 Å². The van der Waals surface area contributed by atoms with Crippen LogP contribution in [0.15, 0.2) is 33.5 Å². The van der Waals surface area contributed by atoms with Crippen molar-refractivity contribution in [3.8, 4) is 23.0 Å². The Labute approximate surface area is 232 Å². The number of rotatable bonds is 15. The highest BCUT2D eigenvalue weighted by Gasteiger charge is 2.27. The summed E-state index contributed by atoms with van der Waals surface area (Å²) in [7, 11) is 6.18. The van der Waals surface area contributed by atoms with Crippen LogP contribution in [0.3, 0.4) is 0 Å². The largest absolute Gasteiger partial charge is 0.495 e. The van der Waals surface area contributed by atoms with Gasteiger partial charge in [0.15, 0.2) is 34.2 Å². The van der Waals surface area contributed by atoms with Crippen LogP contribution in [0.1, 0.15) is 60.2 Å². The van der Waals surface area contributed by atoms with Crippen molar-refractivity contribution in [3.63, 3.8) is 0 Å². The number of hydrogen-bond donors (Lipinski definition) is 2. The van der Waals surface area contributed by atoms with E-state index in [0.717, 1.165) is 25.7 Å². The molecule has 0 unspecified atom stereocenters. The van der Waals surface area contributed by atoms with Crippen molar-refractivity contribution < 1.29 is 37.4 Å². The van der Waals surface area contributed by atoms with Gasteiger partial charge in [0.2, 0.25) is 0 Å². The second kappa shape index (κ2) is 12.7. The van der Waals surface area contributed by atoms with Gasteiger partial charge in [0.05, 0.1) is 74.2 Å². The monoisotopic (exact) mass is 552 g/mol. The van der Waals surface area contributed by atoms with Gasteiger partial charge >= 0.3 is 0 Å². The zero-order valence-electron chi connectivity index (χ0n) is 23.8. The van der Waals surface area contributed by atoms with Gasteiger partial charge in [-0.05, 0) is 38.8 Å². The first-order valence-electron chi connectivity index (χ1n) is 13.2. The second-order valence-corrected chi connectivity index (χ2v) is 9.34. The molecule has 0 amide bonds. The van der Waals surface area contributed by atoms with Gasteiger partial charge in [0.25, 0.3) is 0 Å². The minimum Gasteiger partial charge on any atom is -0.495 e. The van der Waals surface area contributed by atoms with E-state index in [1.165, 1.54) is 28.1 Å². The van der Waals surface area contributed by atoms with E-state index in [4.69, 9.17) is 27.8 Å². The van der Waals surface area contributed by atoms with E-state index in [0.29, 0.717) is 80.5 Å². The fraction of sp³-hybridized carbons (Fsp3) is 0.400. The summed E-state index contributed by atoms with van der Waals surface area (Å²) >= 11 is 0. The molecule has 2 heterocycles. The summed E-state index contributed by atoms with van der Waals surface area (Å²) in [4.78, 5) is 25.1. The first kappa shape index (κ1) is 28.7. The summed E-state index contributed by atoms with van der Waals surface area (Å²) in [6.45, 7) is 4.28. The Bertz CT molecular complexity index is 1400. The molecule has 2 aromatic heterocycles. The summed E-state index contributed by atoms with van der Waals surface area (Å²) in [6.07, 6.45) is 6.73. The summed E-state index contributed by atoms with van der Waals surface area (Å²) < 4.78 is 33.7. The molecule has 2 aromatic carbocycles. The zero-order valence-corrected chi connectivity index (χ0v) is 23.8. The number of ketones is 2. The van der Waals surface area contributed by atoms with Crippen molar-refractivity contribution in [1.82, 2.24) is 0 Å². The fourth-order valence-electron chi connectivity index (χ4n) is 5.13. The van der Waals surface area contributed by atoms with E-state index in [-0.39, 0.29) is 11.6 Å². The van der Waals surface area contributed by atoms with Crippen LogP contribution >= 0.6 is 0 Å². The molecule has 0 atom stereocenters. The fourth-order valence-corrected chi connectivity index (χ4v) is 5.13. The highest BCUT2D eigenvalue weighted by molar-refractivity contribution is 6.12. The molecule has 0 spiro atoms. The SMILES string of the molecule is COc1c(C(C)=O)c(NCCCCCCNc2c(C(C)=O)c(OC)c3ccoc3c2OC)c(OC)c2occc12. The Hall–Kier alpha value is -4.34. The topological polar surface area (TPSA) is 121 Å². The quantitative estimate of drug-likeness (QED) is 0.122. The number of fused-ring (bicyclic) bond motifs is 2. The average Bonchev–Trinajstić information content (AvgIpc) is 3.62. The van der Waals surface area contributed by atoms with Gasteiger partial charge in [-0.25, -0.2) is 0 Å². The van der Waals surface area contributed by atoms with Crippen LogP contribution in [-0.4, -0.2) is 53.1 Å². The predicted molar refractivity (Wildman–Crippen MR) is 154 cm³/mol. The number of methoxy groups -OCH3 is 4. The molecule has 40 heavy (non-hydrogen) atoms. The van der Waals surface area contributed by atoms with Crippen LogP contribution in [0, 0.1) is 0 Å². The molecular weight excluding hydrogens is 516 g/mol. The van der Waals surface area contributed by atoms with Gasteiger partial charge in [-0.1, -0.05) is 12.8 Å². The molecule has 0 bridgehead atoms. The molecule has 0 fully saturated rings. The lowest BCUT2D eigenvalue weighted by Crippen LogP contribution is -2.11. The van der Waals surface area contributed by atoms with Crippen molar-refractivity contribution in [2.24, 2.45) is 0 Å². The van der Waals surface area contributed by atoms with Crippen LogP contribution in [0.25, 0.3) is 21.9 Å². The summed E-state index contributed by atoms with van der Waals surface area (Å²) in [5.41, 5.74) is 3.09. The average molecular weight is 553 g/mol. The van der Waals surface area contributed by atoms with Crippen LogP contribution in [-0.2, 0) is 0 Å². The van der Waals surface area contributed by atoms with Crippen molar-refractivity contribution in [2.45, 2.75) is 39.5 Å². The third-order valence-electron chi connectivity index (χ3n) is 6.87. The van der Waals surface area contributed by atoms with Gasteiger partial charge < -0.3 is 38.4 Å². The van der Waals surface area contributed by atoms with Crippen LogP contribution in [0.4, 0.5) is 11.4 Å². The Morgan fingerprint density at radius 3 is 1.32 bits per heavy atom. The standard InChI is InChI=1S/C30H36N2O8/c1-17(33)21-23(29(37-5)27-19(11-15-39-27)25(21)35-3)31-13-9-7-8-10-14-32-24-22(18(2)34)26(36-4)20-12-16-40-28(20)30(24)38-6/h11-12,15-16,31-32H,7-10,13-14H2,1-6H3. The normalized spacial score (nSPS) is 11.1. The Balaban J connectivity index is 1.38. The maximum Gasteiger partial charge on any atom is 0.186 e. The van der Waals surface area contributed by atoms with Gasteiger partial charge in [-0.2, -0.15) is 0 Å². The number of anilines is 2. The van der Waals surface area contributed by atoms with E-state index in [1.807, 2.05) is 0 Å². The van der Waals surface area contributed by atoms with Crippen molar-refractivity contribution >= 4 is 44.9 Å². The number of carbonyl (C=O) groups excluding carboxylic acids is 2. The molecule has 10 heteroatoms. The minimum atomic E-state index is -0.128. The molecule has 0 aliphatic heterocycles. The molecule has 0 aliphatic rings. The van der Waals surface area contributed by atoms with Crippen molar-refractivity contribution in [2.75, 3.05) is 52.2 Å². The van der Waals surface area contributed by atoms with E-state index in [1.54, 1.807) is 38.9 Å². The molecule has 0 aliphatic carbocycles. The van der Waals surface area contributed by atoms with Gasteiger partial charge in [-0.3, -0.25) is 9.59 Å². The van der Waals surface area contributed by atoms with Crippen molar-refractivity contribution in [1.29, 1.82) is 0 Å². The smallest absolute Gasteiger partial charge is 0.186 e. The molecule has 4 rings (SSSR count). The first-order chi connectivity index (χ1) is 19.4. The molecular formula is C30H36N2O8. The number of nitrogens with one attached hydrogen (secondary N) is 2. The molecule has 10 nitrogen and oxygen atoms in total. The number of benzene rings is 2. The highest BCUT2D eigenvalue weighted by atomic mass is 16.5. The lowest BCUT2D eigenvalue weighted by molar-refractivity contribution is 0.100. The molecule has 4 aromatic rings. The third kappa shape index (κ3) is 5.25. The van der Waals surface area contributed by atoms with Crippen LogP contribution < -0.4 is 29.6 Å². The Kier molecular flexibility index (Phi) is 9.08. The van der Waals surface area contributed by atoms with Gasteiger partial charge in [0.1, 0.15) is 11.5 Å². The van der Waals surface area contributed by atoms with Gasteiger partial charge in [-0.15, -0.1) is 0 Å². The Morgan fingerprint density at radius 1 is 0.625 bits per heavy atom. The third-order valence-corrected chi connectivity index (χ3v) is 6.87. The second-order valence-electron chi connectivity index (χ2n) is 9.34. The van der Waals surface area contributed by atoms with E-state index in [2.05, 4.69) is 10.6 Å². The number of hydrogen-bond acceptors (Lipinski definition) is 10. The summed E-state index contributed by atoms with van der Waals surface area (Å²) in [6, 6.07) is 3.53. The molecule has 214 valence electrons. The predicted octanol–water partition coefficient (Wildman–Crippen LogP) is 6.70. The summed E-state index contributed by atoms with van der Waals surface area (Å²) in [5, 5.41) is 8.12. The molecule has 0 saturated heterocycles. The maximum absolute atomic E-state index is 12.6. The number of Topliss-reactive ketones (excluding diaryl/α,β-unsaturated/α-hetero) is 2. The summed E-state index contributed by atoms with van der Waals surface area (Å²) in [5.74, 6) is 1.64. The van der Waals surface area contributed by atoms with E-state index in [9.17, 15) is 9.59 Å². The zero-order chi connectivity index (χ0) is 28.8. The molecule has 2 N–H and O–H groups in total. The minimum absolute atomic E-state index is 0.128. The molecule has 0 radical (unpaired) electrons. The first-order valence-corrected chi connectivity index (χ1v) is 13.2. The number of carbonyl (C=O) groups is 2. The molecule has 0 saturated carbocycles. The van der Waals surface area contributed by atoms with Crippen molar-refractivity contribution in [3.05, 3.63) is 35.8 Å². The van der Waals surface area contributed by atoms with E-state index >= 15 is 0 Å².